The van der Waals surface area contributed by atoms with Crippen molar-refractivity contribution in [3.05, 3.63) is 200 Å². The van der Waals surface area contributed by atoms with E-state index in [4.69, 9.17) is 8.83 Å². The zero-order chi connectivity index (χ0) is 38.2. The Morgan fingerprint density at radius 2 is 0.879 bits per heavy atom. The Morgan fingerprint density at radius 3 is 1.64 bits per heavy atom. The minimum atomic E-state index is 0.852. The smallest absolute Gasteiger partial charge is 0.159 e. The molecule has 12 aromatic rings. The predicted octanol–water partition coefficient (Wildman–Crippen LogP) is 16.3. The van der Waals surface area contributed by atoms with Crippen LogP contribution in [0.5, 0.6) is 0 Å². The molecule has 9 aromatic carbocycles. The molecule has 0 aliphatic carbocycles. The highest BCUT2D eigenvalue weighted by atomic mass is 32.1. The highest BCUT2D eigenvalue weighted by molar-refractivity contribution is 7.27. The summed E-state index contributed by atoms with van der Waals surface area (Å²) in [7, 11) is 0. The maximum atomic E-state index is 6.96. The summed E-state index contributed by atoms with van der Waals surface area (Å²) in [6, 6.07) is 71.2. The molecule has 0 radical (unpaired) electrons. The Labute approximate surface area is 338 Å². The fraction of sp³-hybridized carbons (Fsp3) is 0. The van der Waals surface area contributed by atoms with Crippen LogP contribution >= 0.6 is 11.3 Å². The molecule has 0 saturated carbocycles. The van der Waals surface area contributed by atoms with Crippen LogP contribution in [0.4, 0.5) is 17.1 Å². The fourth-order valence-corrected chi connectivity index (χ4v) is 10.2. The van der Waals surface area contributed by atoms with Gasteiger partial charge in [-0.15, -0.1) is 11.3 Å². The van der Waals surface area contributed by atoms with Gasteiger partial charge in [0.05, 0.1) is 5.69 Å². The zero-order valence-corrected chi connectivity index (χ0v) is 32.0. The van der Waals surface area contributed by atoms with E-state index in [2.05, 4.69) is 199 Å². The van der Waals surface area contributed by atoms with Gasteiger partial charge in [-0.3, -0.25) is 0 Å². The molecule has 272 valence electrons. The summed E-state index contributed by atoms with van der Waals surface area (Å²) in [6.45, 7) is 0. The van der Waals surface area contributed by atoms with Crippen molar-refractivity contribution in [2.24, 2.45) is 0 Å². The molecule has 0 aliphatic rings. The van der Waals surface area contributed by atoms with Crippen LogP contribution in [-0.4, -0.2) is 0 Å². The summed E-state index contributed by atoms with van der Waals surface area (Å²) < 4.78 is 15.8. The zero-order valence-electron chi connectivity index (χ0n) is 31.2. The van der Waals surface area contributed by atoms with E-state index in [0.29, 0.717) is 0 Å². The van der Waals surface area contributed by atoms with Gasteiger partial charge in [0, 0.05) is 58.7 Å². The molecule has 0 atom stereocenters. The molecule has 3 nitrogen and oxygen atoms in total. The molecule has 4 heteroatoms. The second-order valence-corrected chi connectivity index (χ2v) is 15.8. The molecule has 0 bridgehead atoms. The number of hydrogen-bond acceptors (Lipinski definition) is 4. The number of furan rings is 2. The van der Waals surface area contributed by atoms with Crippen LogP contribution in [0.2, 0.25) is 0 Å². The second-order valence-electron chi connectivity index (χ2n) is 14.8. The van der Waals surface area contributed by atoms with Gasteiger partial charge in [-0.25, -0.2) is 0 Å². The lowest BCUT2D eigenvalue weighted by molar-refractivity contribution is 0.669. The summed E-state index contributed by atoms with van der Waals surface area (Å²) in [6.07, 6.45) is 0. The minimum Gasteiger partial charge on any atom is -0.456 e. The van der Waals surface area contributed by atoms with E-state index in [9.17, 15) is 0 Å². The van der Waals surface area contributed by atoms with Crippen molar-refractivity contribution < 1.29 is 8.83 Å². The Bertz CT molecular complexity index is 3490. The summed E-state index contributed by atoms with van der Waals surface area (Å²) in [4.78, 5) is 2.33. The van der Waals surface area contributed by atoms with Crippen molar-refractivity contribution in [3.63, 3.8) is 0 Å². The highest BCUT2D eigenvalue weighted by Gasteiger charge is 2.22. The molecule has 3 aromatic heterocycles. The number of para-hydroxylation sites is 3. The molecule has 0 aliphatic heterocycles. The van der Waals surface area contributed by atoms with Crippen LogP contribution < -0.4 is 4.90 Å². The van der Waals surface area contributed by atoms with Gasteiger partial charge in [0.1, 0.15) is 16.7 Å². The molecule has 58 heavy (non-hydrogen) atoms. The Balaban J connectivity index is 1.02. The number of anilines is 3. The number of rotatable bonds is 6. The monoisotopic (exact) mass is 759 g/mol. The van der Waals surface area contributed by atoms with Crippen molar-refractivity contribution in [1.29, 1.82) is 0 Å². The molecular formula is C54H33NO2S. The van der Waals surface area contributed by atoms with Gasteiger partial charge in [-0.05, 0) is 76.3 Å². The molecule has 0 amide bonds. The molecule has 3 heterocycles. The summed E-state index contributed by atoms with van der Waals surface area (Å²) in [5.41, 5.74) is 13.6. The van der Waals surface area contributed by atoms with E-state index in [-0.39, 0.29) is 0 Å². The van der Waals surface area contributed by atoms with Gasteiger partial charge < -0.3 is 13.7 Å². The lowest BCUT2D eigenvalue weighted by Gasteiger charge is -2.26. The van der Waals surface area contributed by atoms with Gasteiger partial charge in [0.2, 0.25) is 0 Å². The first-order chi connectivity index (χ1) is 28.8. The van der Waals surface area contributed by atoms with E-state index >= 15 is 0 Å². The van der Waals surface area contributed by atoms with Gasteiger partial charge >= 0.3 is 0 Å². The van der Waals surface area contributed by atoms with E-state index in [0.717, 1.165) is 66.7 Å². The normalized spacial score (nSPS) is 11.8. The van der Waals surface area contributed by atoms with Crippen LogP contribution in [-0.2, 0) is 0 Å². The van der Waals surface area contributed by atoms with E-state index in [1.54, 1.807) is 0 Å². The Morgan fingerprint density at radius 1 is 0.328 bits per heavy atom. The first-order valence-electron chi connectivity index (χ1n) is 19.6. The molecule has 0 spiro atoms. The SMILES string of the molecule is c1ccc(-c2ccc(N(c3ccc(-c4cccc5c4sc4c5ccc5oc6ccccc6c54)cc3)c3cccc4c3oc3c(-c5ccccc5)cccc34)cc2)cc1. The van der Waals surface area contributed by atoms with Gasteiger partial charge in [-0.1, -0.05) is 152 Å². The van der Waals surface area contributed by atoms with Crippen LogP contribution in [0.15, 0.2) is 209 Å². The summed E-state index contributed by atoms with van der Waals surface area (Å²) in [5, 5.41) is 7.07. The van der Waals surface area contributed by atoms with Crippen molar-refractivity contribution in [3.8, 4) is 33.4 Å². The standard InChI is InChI=1S/C54H33NO2S/c1-3-12-34(13-4-1)35-24-28-38(29-25-35)55(47-22-11-20-43-42-19-9-17-40(51(42)57-52(43)47)36-14-5-2-6-15-36)39-30-26-37(27-31-39)41-18-10-21-44-45-32-33-49-50(54(45)58-53(41)44)46-16-7-8-23-48(46)56-49/h1-33H. The van der Waals surface area contributed by atoms with Crippen molar-refractivity contribution >= 4 is 92.4 Å². The van der Waals surface area contributed by atoms with Crippen LogP contribution in [0.25, 0.3) is 97.4 Å². The lowest BCUT2D eigenvalue weighted by Crippen LogP contribution is -2.10. The third-order valence-electron chi connectivity index (χ3n) is 11.5. The summed E-state index contributed by atoms with van der Waals surface area (Å²) in [5.74, 6) is 0. The van der Waals surface area contributed by atoms with Gasteiger partial charge in [-0.2, -0.15) is 0 Å². The van der Waals surface area contributed by atoms with Crippen LogP contribution in [0, 0.1) is 0 Å². The quantitative estimate of drug-likeness (QED) is 0.169. The fourth-order valence-electron chi connectivity index (χ4n) is 8.77. The maximum absolute atomic E-state index is 6.96. The van der Waals surface area contributed by atoms with Crippen molar-refractivity contribution in [2.45, 2.75) is 0 Å². The molecule has 12 rings (SSSR count). The summed E-state index contributed by atoms with van der Waals surface area (Å²) >= 11 is 1.86. The molecular weight excluding hydrogens is 727 g/mol. The third-order valence-corrected chi connectivity index (χ3v) is 12.8. The number of benzene rings is 9. The van der Waals surface area contributed by atoms with Gasteiger partial charge in [0.15, 0.2) is 5.58 Å². The van der Waals surface area contributed by atoms with E-state index in [1.165, 1.54) is 47.8 Å². The van der Waals surface area contributed by atoms with Gasteiger partial charge in [0.25, 0.3) is 0 Å². The number of nitrogens with zero attached hydrogens (tertiary/aromatic N) is 1. The molecule has 0 fully saturated rings. The van der Waals surface area contributed by atoms with Crippen LogP contribution in [0.3, 0.4) is 0 Å². The molecule has 0 unspecified atom stereocenters. The third kappa shape index (κ3) is 5.12. The average molecular weight is 760 g/mol. The largest absolute Gasteiger partial charge is 0.456 e. The average Bonchev–Trinajstić information content (AvgIpc) is 3.99. The number of hydrogen-bond donors (Lipinski definition) is 0. The van der Waals surface area contributed by atoms with Crippen LogP contribution in [0.1, 0.15) is 0 Å². The highest BCUT2D eigenvalue weighted by Crippen LogP contribution is 2.47. The first-order valence-corrected chi connectivity index (χ1v) is 20.4. The van der Waals surface area contributed by atoms with E-state index in [1.807, 2.05) is 17.4 Å². The number of fused-ring (bicyclic) bond motifs is 10. The Hall–Kier alpha value is -7.40. The topological polar surface area (TPSA) is 29.5 Å². The molecule has 0 N–H and O–H groups in total. The maximum Gasteiger partial charge on any atom is 0.159 e. The van der Waals surface area contributed by atoms with Crippen molar-refractivity contribution in [2.75, 3.05) is 4.90 Å². The molecule has 0 saturated heterocycles. The van der Waals surface area contributed by atoms with Crippen molar-refractivity contribution in [1.82, 2.24) is 0 Å². The minimum absolute atomic E-state index is 0.852. The first kappa shape index (κ1) is 32.8. The second kappa shape index (κ2) is 13.1. The predicted molar refractivity (Wildman–Crippen MR) is 245 cm³/mol. The Kier molecular flexibility index (Phi) is 7.40. The number of thiophene rings is 1. The van der Waals surface area contributed by atoms with E-state index < -0.39 is 0 Å². The lowest BCUT2D eigenvalue weighted by atomic mass is 10.0.